The average Bonchev–Trinajstić information content (AvgIpc) is 3.92. The third-order valence-electron chi connectivity index (χ3n) is 13.0. The van der Waals surface area contributed by atoms with Gasteiger partial charge in [0.25, 0.3) is 8.32 Å². The van der Waals surface area contributed by atoms with E-state index in [1.54, 1.807) is 5.56 Å². The van der Waals surface area contributed by atoms with E-state index in [1.165, 1.54) is 47.2 Å². The van der Waals surface area contributed by atoms with Crippen LogP contribution in [0.25, 0.3) is 9.75 Å². The van der Waals surface area contributed by atoms with Crippen LogP contribution in [0.2, 0.25) is 10.1 Å². The lowest BCUT2D eigenvalue weighted by atomic mass is 9.88. The predicted molar refractivity (Wildman–Crippen MR) is 246 cm³/mol. The number of rotatable bonds is 11. The highest BCUT2D eigenvalue weighted by atomic mass is 32.1. The van der Waals surface area contributed by atoms with E-state index in [-0.39, 0.29) is 21.1 Å². The first-order chi connectivity index (χ1) is 26.7. The molecule has 8 rings (SSSR count). The molecular weight excluding hydrogens is 753 g/mol. The molecule has 2 nitrogen and oxygen atoms in total. The van der Waals surface area contributed by atoms with Crippen LogP contribution >= 0.6 is 22.7 Å². The molecule has 2 aliphatic carbocycles. The van der Waals surface area contributed by atoms with Crippen molar-refractivity contribution in [1.29, 1.82) is 0 Å². The van der Waals surface area contributed by atoms with Gasteiger partial charge in [0.2, 0.25) is 0 Å². The van der Waals surface area contributed by atoms with Crippen molar-refractivity contribution < 1.29 is 9.16 Å². The first-order valence-corrected chi connectivity index (χ1v) is 26.2. The molecular formula is C50H58O2S2Si2. The van der Waals surface area contributed by atoms with Crippen molar-refractivity contribution >= 4 is 59.8 Å². The Morgan fingerprint density at radius 2 is 0.964 bits per heavy atom. The average molecular weight is 811 g/mol. The van der Waals surface area contributed by atoms with Crippen LogP contribution in [0, 0.1) is 5.41 Å². The molecule has 2 atom stereocenters. The highest BCUT2D eigenvalue weighted by molar-refractivity contribution is 7.20. The van der Waals surface area contributed by atoms with Crippen LogP contribution in [0.3, 0.4) is 0 Å². The van der Waals surface area contributed by atoms with E-state index in [1.807, 2.05) is 22.7 Å². The fourth-order valence-corrected chi connectivity index (χ4v) is 22.1. The lowest BCUT2D eigenvalue weighted by Gasteiger charge is -2.45. The molecule has 0 spiro atoms. The Kier molecular flexibility index (Phi) is 10.4. The Bertz CT molecular complexity index is 2030. The zero-order valence-electron chi connectivity index (χ0n) is 34.6. The van der Waals surface area contributed by atoms with Crippen molar-refractivity contribution in [3.63, 3.8) is 0 Å². The van der Waals surface area contributed by atoms with Gasteiger partial charge in [-0.1, -0.05) is 180 Å². The van der Waals surface area contributed by atoms with Crippen molar-refractivity contribution in [2.45, 2.75) is 96.8 Å². The summed E-state index contributed by atoms with van der Waals surface area (Å²) >= 11 is 3.91. The second-order valence-electron chi connectivity index (χ2n) is 19.2. The highest BCUT2D eigenvalue weighted by Crippen LogP contribution is 2.51. The van der Waals surface area contributed by atoms with Crippen molar-refractivity contribution in [3.8, 4) is 9.75 Å². The largest absolute Gasteiger partial charge is 0.407 e. The monoisotopic (exact) mass is 810 g/mol. The standard InChI is InChI=1S/C50H58O2S2Si2/c1-47(2,3)55(39-21-13-9-14-22-39,40-23-15-10-16-24-40)36-51-50(8)30-38-34-54-46(44(38)32-50)45-43-31-49(7,29-37(43)33-53-45)35-52-56(48(4,5)6,41-25-17-11-18-26-41)42-27-19-12-20-28-42/h9-28,33-34H,29-32,35-36H2,1-8H3/t49-,50-/m1/s1. The summed E-state index contributed by atoms with van der Waals surface area (Å²) in [6, 6.07) is 44.7. The lowest BCUT2D eigenvalue weighted by Crippen LogP contribution is -2.68. The zero-order valence-corrected chi connectivity index (χ0v) is 38.2. The van der Waals surface area contributed by atoms with Crippen LogP contribution < -0.4 is 20.7 Å². The van der Waals surface area contributed by atoms with Gasteiger partial charge in [0.15, 0.2) is 0 Å². The van der Waals surface area contributed by atoms with E-state index < -0.39 is 16.4 Å². The molecule has 0 bridgehead atoms. The van der Waals surface area contributed by atoms with E-state index in [2.05, 4.69) is 187 Å². The smallest absolute Gasteiger partial charge is 0.261 e. The molecule has 0 amide bonds. The Morgan fingerprint density at radius 1 is 0.536 bits per heavy atom. The Morgan fingerprint density at radius 3 is 1.41 bits per heavy atom. The maximum atomic E-state index is 7.56. The van der Waals surface area contributed by atoms with Crippen LogP contribution in [0.15, 0.2) is 132 Å². The molecule has 0 unspecified atom stereocenters. The van der Waals surface area contributed by atoms with Gasteiger partial charge in [0.05, 0.1) is 5.60 Å². The minimum absolute atomic E-state index is 0.0360. The van der Waals surface area contributed by atoms with E-state index in [9.17, 15) is 0 Å². The quantitative estimate of drug-likeness (QED) is 0.121. The maximum absolute atomic E-state index is 7.56. The number of benzene rings is 4. The molecule has 2 heterocycles. The first-order valence-electron chi connectivity index (χ1n) is 20.4. The molecule has 0 N–H and O–H groups in total. The number of thiophene rings is 2. The Hall–Kier alpha value is -3.37. The maximum Gasteiger partial charge on any atom is 0.261 e. The van der Waals surface area contributed by atoms with Gasteiger partial charge >= 0.3 is 0 Å². The number of hydrogen-bond acceptors (Lipinski definition) is 4. The van der Waals surface area contributed by atoms with Crippen LogP contribution in [0.5, 0.6) is 0 Å². The summed E-state index contributed by atoms with van der Waals surface area (Å²) in [6.07, 6.45) is 4.80. The van der Waals surface area contributed by atoms with Crippen molar-refractivity contribution in [3.05, 3.63) is 154 Å². The summed E-state index contributed by atoms with van der Waals surface area (Å²) in [5.41, 5.74) is 5.86. The number of hydrogen-bond donors (Lipinski definition) is 0. The molecule has 6 aromatic rings. The summed E-state index contributed by atoms with van der Waals surface area (Å²) < 4.78 is 14.9. The summed E-state index contributed by atoms with van der Waals surface area (Å²) in [7, 11) is -4.97. The van der Waals surface area contributed by atoms with Crippen LogP contribution in [-0.4, -0.2) is 34.8 Å². The predicted octanol–water partition coefficient (Wildman–Crippen LogP) is 10.6. The van der Waals surface area contributed by atoms with Gasteiger partial charge in [-0.3, -0.25) is 0 Å². The minimum atomic E-state index is -2.63. The van der Waals surface area contributed by atoms with Gasteiger partial charge in [0, 0.05) is 35.4 Å². The summed E-state index contributed by atoms with van der Waals surface area (Å²) in [5.74, 6) is 0. The van der Waals surface area contributed by atoms with E-state index in [4.69, 9.17) is 9.16 Å². The summed E-state index contributed by atoms with van der Waals surface area (Å²) in [4.78, 5) is 2.96. The van der Waals surface area contributed by atoms with E-state index >= 15 is 0 Å². The fourth-order valence-electron chi connectivity index (χ4n) is 10.1. The molecule has 2 aliphatic rings. The van der Waals surface area contributed by atoms with E-state index in [0.717, 1.165) is 38.5 Å². The molecule has 0 saturated carbocycles. The normalized spacial score (nSPS) is 19.9. The van der Waals surface area contributed by atoms with Crippen molar-refractivity contribution in [1.82, 2.24) is 0 Å². The van der Waals surface area contributed by atoms with Gasteiger partial charge in [-0.25, -0.2) is 0 Å². The molecule has 2 aromatic heterocycles. The second-order valence-corrected chi connectivity index (χ2v) is 30.1. The fraction of sp³-hybridized carbons (Fsp3) is 0.360. The van der Waals surface area contributed by atoms with Crippen LogP contribution in [0.4, 0.5) is 0 Å². The Labute approximate surface area is 346 Å². The molecule has 290 valence electrons. The van der Waals surface area contributed by atoms with Crippen LogP contribution in [-0.2, 0) is 34.8 Å². The first kappa shape index (κ1) is 39.5. The SMILES string of the molecule is CC(C)(C)[Si](CO[C@]1(C)Cc2csc(-c3scc4c3C[C@](C)(CO[Si](c3ccccc3)(c3ccccc3)C(C)(C)C)C4)c2C1)(c1ccccc1)c1ccccc1. The van der Waals surface area contributed by atoms with Gasteiger partial charge < -0.3 is 9.16 Å². The van der Waals surface area contributed by atoms with Gasteiger partial charge in [-0.15, -0.1) is 22.7 Å². The molecule has 6 heteroatoms. The molecule has 0 fully saturated rings. The lowest BCUT2D eigenvalue weighted by molar-refractivity contribution is -0.000898. The number of ether oxygens (including phenoxy) is 1. The van der Waals surface area contributed by atoms with Crippen LogP contribution in [0.1, 0.15) is 77.6 Å². The van der Waals surface area contributed by atoms with Gasteiger partial charge in [0.1, 0.15) is 8.07 Å². The minimum Gasteiger partial charge on any atom is -0.407 e. The molecule has 0 radical (unpaired) electrons. The van der Waals surface area contributed by atoms with Crippen molar-refractivity contribution in [2.24, 2.45) is 5.41 Å². The third kappa shape index (κ3) is 6.88. The number of fused-ring (bicyclic) bond motifs is 2. The highest BCUT2D eigenvalue weighted by Gasteiger charge is 2.52. The Balaban J connectivity index is 1.05. The molecule has 0 aliphatic heterocycles. The molecule has 0 saturated heterocycles. The third-order valence-corrected chi connectivity index (χ3v) is 26.1. The van der Waals surface area contributed by atoms with E-state index in [0.29, 0.717) is 0 Å². The summed E-state index contributed by atoms with van der Waals surface area (Å²) in [6.45, 7) is 20.0. The van der Waals surface area contributed by atoms with Crippen molar-refractivity contribution in [2.75, 3.05) is 12.8 Å². The molecule has 56 heavy (non-hydrogen) atoms. The van der Waals surface area contributed by atoms with Gasteiger partial charge in [-0.05, 0) is 78.6 Å². The zero-order chi connectivity index (χ0) is 39.4. The second kappa shape index (κ2) is 14.8. The molecule has 4 aromatic carbocycles. The van der Waals surface area contributed by atoms with Gasteiger partial charge in [-0.2, -0.15) is 0 Å². The topological polar surface area (TPSA) is 18.5 Å². The summed E-state index contributed by atoms with van der Waals surface area (Å²) in [5, 5.41) is 10.5.